The molecule has 0 radical (unpaired) electrons. The number of unbranched alkanes of at least 4 members (excludes halogenated alkanes) is 1. The fraction of sp³-hybridized carbons (Fsp3) is 0.600. The normalized spacial score (nSPS) is 12.6. The van der Waals surface area contributed by atoms with Gasteiger partial charge in [0.25, 0.3) is 0 Å². The average Bonchev–Trinajstić information content (AvgIpc) is 2.44. The van der Waals surface area contributed by atoms with Crippen LogP contribution in [0.3, 0.4) is 0 Å². The monoisotopic (exact) mass is 319 g/mol. The molecule has 0 heterocycles. The standard InChI is InChI=1S/C15H23Cl2NO2/c1-12(14-11-13(16)5-6-15(14)17)18-7-3-4-8-20-10-9-19-2/h5-6,11-12,18H,3-4,7-10H2,1-2H3. The highest BCUT2D eigenvalue weighted by Gasteiger charge is 2.09. The Hall–Kier alpha value is -0.320. The summed E-state index contributed by atoms with van der Waals surface area (Å²) in [5.74, 6) is 0. The van der Waals surface area contributed by atoms with E-state index in [1.807, 2.05) is 12.1 Å². The smallest absolute Gasteiger partial charge is 0.0700 e. The van der Waals surface area contributed by atoms with Crippen molar-refractivity contribution in [2.75, 3.05) is 33.5 Å². The number of ether oxygens (including phenoxy) is 2. The number of hydrogen-bond donors (Lipinski definition) is 1. The molecule has 20 heavy (non-hydrogen) atoms. The lowest BCUT2D eigenvalue weighted by Gasteiger charge is -2.16. The van der Waals surface area contributed by atoms with Crippen LogP contribution in [0.5, 0.6) is 0 Å². The molecule has 1 N–H and O–H groups in total. The molecule has 0 aliphatic heterocycles. The van der Waals surface area contributed by atoms with E-state index < -0.39 is 0 Å². The Morgan fingerprint density at radius 1 is 1.15 bits per heavy atom. The fourth-order valence-corrected chi connectivity index (χ4v) is 2.31. The van der Waals surface area contributed by atoms with Crippen molar-refractivity contribution in [3.63, 3.8) is 0 Å². The molecular formula is C15H23Cl2NO2. The topological polar surface area (TPSA) is 30.5 Å². The van der Waals surface area contributed by atoms with Gasteiger partial charge in [0, 0.05) is 29.8 Å². The Kier molecular flexibility index (Phi) is 9.23. The van der Waals surface area contributed by atoms with Crippen molar-refractivity contribution in [1.82, 2.24) is 5.32 Å². The maximum atomic E-state index is 6.17. The van der Waals surface area contributed by atoms with Crippen molar-refractivity contribution in [1.29, 1.82) is 0 Å². The molecular weight excluding hydrogens is 297 g/mol. The molecule has 1 atom stereocenters. The molecule has 3 nitrogen and oxygen atoms in total. The van der Waals surface area contributed by atoms with Gasteiger partial charge in [0.15, 0.2) is 0 Å². The van der Waals surface area contributed by atoms with Crippen LogP contribution in [0.25, 0.3) is 0 Å². The van der Waals surface area contributed by atoms with E-state index in [1.165, 1.54) is 0 Å². The number of hydrogen-bond acceptors (Lipinski definition) is 3. The van der Waals surface area contributed by atoms with Crippen molar-refractivity contribution in [3.05, 3.63) is 33.8 Å². The number of methoxy groups -OCH3 is 1. The average molecular weight is 320 g/mol. The minimum absolute atomic E-state index is 0.190. The van der Waals surface area contributed by atoms with Crippen LogP contribution in [-0.2, 0) is 9.47 Å². The van der Waals surface area contributed by atoms with Crippen LogP contribution >= 0.6 is 23.2 Å². The van der Waals surface area contributed by atoms with Gasteiger partial charge in [-0.1, -0.05) is 23.2 Å². The number of rotatable bonds is 10. The van der Waals surface area contributed by atoms with Crippen molar-refractivity contribution in [2.45, 2.75) is 25.8 Å². The molecule has 0 fully saturated rings. The number of halogens is 2. The molecule has 1 rings (SSSR count). The second-order valence-electron chi connectivity index (χ2n) is 4.65. The van der Waals surface area contributed by atoms with Crippen molar-refractivity contribution in [3.8, 4) is 0 Å². The minimum atomic E-state index is 0.190. The summed E-state index contributed by atoms with van der Waals surface area (Å²) in [6, 6.07) is 5.74. The van der Waals surface area contributed by atoms with Gasteiger partial charge < -0.3 is 14.8 Å². The van der Waals surface area contributed by atoms with Gasteiger partial charge in [0.1, 0.15) is 0 Å². The van der Waals surface area contributed by atoms with Gasteiger partial charge in [0.2, 0.25) is 0 Å². The highest BCUT2D eigenvalue weighted by Crippen LogP contribution is 2.26. The molecule has 0 saturated heterocycles. The van der Waals surface area contributed by atoms with Crippen LogP contribution in [0, 0.1) is 0 Å². The van der Waals surface area contributed by atoms with E-state index in [-0.39, 0.29) is 6.04 Å². The Labute approximate surface area is 131 Å². The Balaban J connectivity index is 2.17. The van der Waals surface area contributed by atoms with Crippen molar-refractivity contribution < 1.29 is 9.47 Å². The van der Waals surface area contributed by atoms with Gasteiger partial charge in [0.05, 0.1) is 13.2 Å². The van der Waals surface area contributed by atoms with E-state index in [0.29, 0.717) is 18.2 Å². The van der Waals surface area contributed by atoms with Crippen LogP contribution in [0.1, 0.15) is 31.4 Å². The molecule has 0 aliphatic carbocycles. The largest absolute Gasteiger partial charge is 0.382 e. The molecule has 0 spiro atoms. The van der Waals surface area contributed by atoms with Gasteiger partial charge in [-0.05, 0) is 50.1 Å². The van der Waals surface area contributed by atoms with E-state index in [0.717, 1.165) is 36.6 Å². The van der Waals surface area contributed by atoms with Crippen LogP contribution in [0.2, 0.25) is 10.0 Å². The van der Waals surface area contributed by atoms with Crippen molar-refractivity contribution in [2.24, 2.45) is 0 Å². The lowest BCUT2D eigenvalue weighted by atomic mass is 10.1. The van der Waals surface area contributed by atoms with Crippen LogP contribution in [0.15, 0.2) is 18.2 Å². The first-order valence-electron chi connectivity index (χ1n) is 6.90. The summed E-state index contributed by atoms with van der Waals surface area (Å²) in [5.41, 5.74) is 1.04. The molecule has 0 saturated carbocycles. The summed E-state index contributed by atoms with van der Waals surface area (Å²) in [6.07, 6.45) is 2.10. The highest BCUT2D eigenvalue weighted by atomic mass is 35.5. The molecule has 0 aliphatic rings. The van der Waals surface area contributed by atoms with Crippen LogP contribution < -0.4 is 5.32 Å². The molecule has 114 valence electrons. The zero-order valence-electron chi connectivity index (χ0n) is 12.1. The SMILES string of the molecule is COCCOCCCCNC(C)c1cc(Cl)ccc1Cl. The maximum Gasteiger partial charge on any atom is 0.0700 e. The van der Waals surface area contributed by atoms with E-state index in [2.05, 4.69) is 12.2 Å². The number of benzene rings is 1. The van der Waals surface area contributed by atoms with E-state index in [1.54, 1.807) is 13.2 Å². The zero-order valence-corrected chi connectivity index (χ0v) is 13.6. The van der Waals surface area contributed by atoms with Gasteiger partial charge >= 0.3 is 0 Å². The van der Waals surface area contributed by atoms with Crippen LogP contribution in [-0.4, -0.2) is 33.5 Å². The summed E-state index contributed by atoms with van der Waals surface area (Å²) in [6.45, 7) is 5.11. The van der Waals surface area contributed by atoms with Crippen LogP contribution in [0.4, 0.5) is 0 Å². The lowest BCUT2D eigenvalue weighted by Crippen LogP contribution is -2.20. The van der Waals surface area contributed by atoms with Gasteiger partial charge in [-0.15, -0.1) is 0 Å². The summed E-state index contributed by atoms with van der Waals surface area (Å²) < 4.78 is 10.3. The maximum absolute atomic E-state index is 6.17. The first-order valence-corrected chi connectivity index (χ1v) is 7.65. The van der Waals surface area contributed by atoms with E-state index >= 15 is 0 Å². The minimum Gasteiger partial charge on any atom is -0.382 e. The van der Waals surface area contributed by atoms with Crippen molar-refractivity contribution >= 4 is 23.2 Å². The highest BCUT2D eigenvalue weighted by molar-refractivity contribution is 6.33. The molecule has 1 aromatic rings. The van der Waals surface area contributed by atoms with Gasteiger partial charge in [-0.2, -0.15) is 0 Å². The third-order valence-corrected chi connectivity index (χ3v) is 3.60. The third-order valence-electron chi connectivity index (χ3n) is 3.02. The predicted molar refractivity (Wildman–Crippen MR) is 84.8 cm³/mol. The van der Waals surface area contributed by atoms with Gasteiger partial charge in [-0.3, -0.25) is 0 Å². The zero-order chi connectivity index (χ0) is 14.8. The summed E-state index contributed by atoms with van der Waals surface area (Å²) in [4.78, 5) is 0. The summed E-state index contributed by atoms with van der Waals surface area (Å²) in [7, 11) is 1.68. The lowest BCUT2D eigenvalue weighted by molar-refractivity contribution is 0.0687. The quantitative estimate of drug-likeness (QED) is 0.659. The first kappa shape index (κ1) is 17.7. The number of nitrogens with one attached hydrogen (secondary N) is 1. The Morgan fingerprint density at radius 2 is 1.95 bits per heavy atom. The molecule has 1 aromatic carbocycles. The fourth-order valence-electron chi connectivity index (χ4n) is 1.85. The van der Waals surface area contributed by atoms with Gasteiger partial charge in [-0.25, -0.2) is 0 Å². The summed E-state index contributed by atoms with van der Waals surface area (Å²) in [5, 5.41) is 4.91. The molecule has 0 bridgehead atoms. The van der Waals surface area contributed by atoms with E-state index in [4.69, 9.17) is 32.7 Å². The second-order valence-corrected chi connectivity index (χ2v) is 5.50. The molecule has 0 amide bonds. The molecule has 5 heteroatoms. The third kappa shape index (κ3) is 6.91. The Morgan fingerprint density at radius 3 is 2.70 bits per heavy atom. The molecule has 1 unspecified atom stereocenters. The second kappa shape index (κ2) is 10.4. The predicted octanol–water partition coefficient (Wildman–Crippen LogP) is 4.09. The summed E-state index contributed by atoms with van der Waals surface area (Å²) >= 11 is 12.2. The Bertz CT molecular complexity index is 388. The first-order chi connectivity index (χ1) is 9.65. The van der Waals surface area contributed by atoms with E-state index in [9.17, 15) is 0 Å². The molecule has 0 aromatic heterocycles.